The molecule has 0 unspecified atom stereocenters. The van der Waals surface area contributed by atoms with Crippen LogP contribution in [-0.4, -0.2) is 13.6 Å². The summed E-state index contributed by atoms with van der Waals surface area (Å²) in [7, 11) is 1.77. The van der Waals surface area contributed by atoms with Gasteiger partial charge in [0.05, 0.1) is 18.2 Å². The Balaban J connectivity index is 3.05. The molecular formula is C12H16FN3. The Morgan fingerprint density at radius 3 is 2.81 bits per heavy atom. The Kier molecular flexibility index (Phi) is 4.27. The van der Waals surface area contributed by atoms with Gasteiger partial charge in [-0.15, -0.1) is 0 Å². The summed E-state index contributed by atoms with van der Waals surface area (Å²) in [5.41, 5.74) is 7.05. The van der Waals surface area contributed by atoms with Crippen molar-refractivity contribution >= 4 is 5.69 Å². The van der Waals surface area contributed by atoms with Crippen molar-refractivity contribution in [2.45, 2.75) is 19.4 Å². The van der Waals surface area contributed by atoms with E-state index < -0.39 is 0 Å². The molecule has 0 saturated carbocycles. The Hall–Kier alpha value is -1.60. The molecule has 0 fully saturated rings. The molecule has 0 aliphatic heterocycles. The molecule has 0 spiro atoms. The Morgan fingerprint density at radius 2 is 2.25 bits per heavy atom. The van der Waals surface area contributed by atoms with Crippen molar-refractivity contribution in [3.63, 3.8) is 0 Å². The molecule has 0 aliphatic carbocycles. The van der Waals surface area contributed by atoms with Crippen LogP contribution >= 0.6 is 0 Å². The maximum absolute atomic E-state index is 13.7. The zero-order chi connectivity index (χ0) is 12.1. The summed E-state index contributed by atoms with van der Waals surface area (Å²) < 4.78 is 13.7. The van der Waals surface area contributed by atoms with Crippen LogP contribution in [0.4, 0.5) is 10.1 Å². The van der Waals surface area contributed by atoms with Crippen LogP contribution in [0.15, 0.2) is 18.2 Å². The summed E-state index contributed by atoms with van der Waals surface area (Å²) in [5.74, 6) is -0.296. The van der Waals surface area contributed by atoms with E-state index in [1.165, 1.54) is 6.07 Å². The average Bonchev–Trinajstić information content (AvgIpc) is 2.25. The number of anilines is 1. The van der Waals surface area contributed by atoms with Crippen molar-refractivity contribution in [2.24, 2.45) is 5.73 Å². The highest BCUT2D eigenvalue weighted by Gasteiger charge is 2.14. The van der Waals surface area contributed by atoms with Gasteiger partial charge in [-0.25, -0.2) is 4.39 Å². The zero-order valence-corrected chi connectivity index (χ0v) is 9.57. The minimum Gasteiger partial charge on any atom is -0.371 e. The monoisotopic (exact) mass is 221 g/mol. The van der Waals surface area contributed by atoms with E-state index in [0.717, 1.165) is 5.56 Å². The number of rotatable bonds is 4. The van der Waals surface area contributed by atoms with Crippen molar-refractivity contribution in [2.75, 3.05) is 18.5 Å². The molecule has 0 bridgehead atoms. The first kappa shape index (κ1) is 12.5. The maximum atomic E-state index is 13.7. The third kappa shape index (κ3) is 2.71. The Labute approximate surface area is 95.3 Å². The molecule has 0 amide bonds. The maximum Gasteiger partial charge on any atom is 0.146 e. The SMILES string of the molecule is C[C@@H](N)c1cccc(F)c1N(C)CCC#N. The predicted octanol–water partition coefficient (Wildman–Crippen LogP) is 2.20. The topological polar surface area (TPSA) is 53.0 Å². The molecule has 86 valence electrons. The van der Waals surface area contributed by atoms with Crippen LogP contribution in [0, 0.1) is 17.1 Å². The third-order valence-corrected chi connectivity index (χ3v) is 2.45. The molecule has 3 nitrogen and oxygen atoms in total. The van der Waals surface area contributed by atoms with E-state index in [4.69, 9.17) is 11.0 Å². The van der Waals surface area contributed by atoms with Crippen molar-refractivity contribution in [1.82, 2.24) is 0 Å². The van der Waals surface area contributed by atoms with Gasteiger partial charge in [0.15, 0.2) is 0 Å². The second-order valence-corrected chi connectivity index (χ2v) is 3.80. The molecule has 1 aromatic carbocycles. The normalized spacial score (nSPS) is 11.9. The fourth-order valence-electron chi connectivity index (χ4n) is 1.63. The summed E-state index contributed by atoms with van der Waals surface area (Å²) in [4.78, 5) is 1.73. The largest absolute Gasteiger partial charge is 0.371 e. The first-order chi connectivity index (χ1) is 7.57. The van der Waals surface area contributed by atoms with Gasteiger partial charge < -0.3 is 10.6 Å². The van der Waals surface area contributed by atoms with Crippen molar-refractivity contribution in [3.8, 4) is 6.07 Å². The van der Waals surface area contributed by atoms with Crippen LogP contribution in [0.25, 0.3) is 0 Å². The minimum absolute atomic E-state index is 0.227. The van der Waals surface area contributed by atoms with E-state index in [-0.39, 0.29) is 11.9 Å². The van der Waals surface area contributed by atoms with Gasteiger partial charge in [0.25, 0.3) is 0 Å². The van der Waals surface area contributed by atoms with Crippen molar-refractivity contribution in [3.05, 3.63) is 29.6 Å². The molecule has 2 N–H and O–H groups in total. The predicted molar refractivity (Wildman–Crippen MR) is 62.5 cm³/mol. The van der Waals surface area contributed by atoms with E-state index in [1.54, 1.807) is 18.0 Å². The molecule has 0 radical (unpaired) electrons. The van der Waals surface area contributed by atoms with E-state index in [9.17, 15) is 4.39 Å². The lowest BCUT2D eigenvalue weighted by Crippen LogP contribution is -2.22. The number of nitrogens with two attached hydrogens (primary N) is 1. The second kappa shape index (κ2) is 5.47. The molecule has 0 aliphatic rings. The number of hydrogen-bond acceptors (Lipinski definition) is 3. The highest BCUT2D eigenvalue weighted by molar-refractivity contribution is 5.55. The lowest BCUT2D eigenvalue weighted by atomic mass is 10.1. The number of nitriles is 1. The molecule has 4 heteroatoms. The van der Waals surface area contributed by atoms with Crippen LogP contribution < -0.4 is 10.6 Å². The van der Waals surface area contributed by atoms with Gasteiger partial charge in [0.1, 0.15) is 5.82 Å². The van der Waals surface area contributed by atoms with Gasteiger partial charge in [-0.2, -0.15) is 5.26 Å². The van der Waals surface area contributed by atoms with Crippen LogP contribution in [0.3, 0.4) is 0 Å². The van der Waals surface area contributed by atoms with E-state index in [1.807, 2.05) is 19.1 Å². The molecule has 0 saturated heterocycles. The quantitative estimate of drug-likeness (QED) is 0.848. The van der Waals surface area contributed by atoms with Crippen LogP contribution in [-0.2, 0) is 0 Å². The standard InChI is InChI=1S/C12H16FN3/c1-9(15)10-5-3-6-11(13)12(10)16(2)8-4-7-14/h3,5-6,9H,4,8,15H2,1-2H3/t9-/m1/s1. The summed E-state index contributed by atoms with van der Waals surface area (Å²) in [6.45, 7) is 2.31. The fourth-order valence-corrected chi connectivity index (χ4v) is 1.63. The van der Waals surface area contributed by atoms with Gasteiger partial charge in [0.2, 0.25) is 0 Å². The number of benzene rings is 1. The zero-order valence-electron chi connectivity index (χ0n) is 9.57. The van der Waals surface area contributed by atoms with E-state index >= 15 is 0 Å². The van der Waals surface area contributed by atoms with Gasteiger partial charge in [-0.3, -0.25) is 0 Å². The van der Waals surface area contributed by atoms with Gasteiger partial charge in [-0.05, 0) is 18.6 Å². The molecule has 16 heavy (non-hydrogen) atoms. The van der Waals surface area contributed by atoms with Crippen LogP contribution in [0.5, 0.6) is 0 Å². The number of para-hydroxylation sites is 1. The fraction of sp³-hybridized carbons (Fsp3) is 0.417. The number of hydrogen-bond donors (Lipinski definition) is 1. The van der Waals surface area contributed by atoms with Crippen LogP contribution in [0.2, 0.25) is 0 Å². The molecule has 0 aromatic heterocycles. The van der Waals surface area contributed by atoms with Crippen molar-refractivity contribution in [1.29, 1.82) is 5.26 Å². The van der Waals surface area contributed by atoms with Gasteiger partial charge >= 0.3 is 0 Å². The average molecular weight is 221 g/mol. The first-order valence-corrected chi connectivity index (χ1v) is 5.20. The lowest BCUT2D eigenvalue weighted by molar-refractivity contribution is 0.616. The van der Waals surface area contributed by atoms with Crippen LogP contribution in [0.1, 0.15) is 24.9 Å². The molecule has 1 aromatic rings. The molecule has 1 atom stereocenters. The Morgan fingerprint density at radius 1 is 1.56 bits per heavy atom. The molecule has 0 heterocycles. The highest BCUT2D eigenvalue weighted by atomic mass is 19.1. The first-order valence-electron chi connectivity index (χ1n) is 5.20. The second-order valence-electron chi connectivity index (χ2n) is 3.80. The summed E-state index contributed by atoms with van der Waals surface area (Å²) >= 11 is 0. The number of halogens is 1. The Bertz CT molecular complexity index is 396. The minimum atomic E-state index is -0.296. The lowest BCUT2D eigenvalue weighted by Gasteiger charge is -2.23. The van der Waals surface area contributed by atoms with E-state index in [0.29, 0.717) is 18.7 Å². The van der Waals surface area contributed by atoms with Gasteiger partial charge in [-0.1, -0.05) is 12.1 Å². The third-order valence-electron chi connectivity index (χ3n) is 2.45. The number of nitrogens with zero attached hydrogens (tertiary/aromatic N) is 2. The van der Waals surface area contributed by atoms with Crippen molar-refractivity contribution < 1.29 is 4.39 Å². The van der Waals surface area contributed by atoms with Gasteiger partial charge in [0, 0.05) is 19.6 Å². The molecular weight excluding hydrogens is 205 g/mol. The summed E-state index contributed by atoms with van der Waals surface area (Å²) in [6.07, 6.45) is 0.364. The summed E-state index contributed by atoms with van der Waals surface area (Å²) in [6, 6.07) is 6.68. The van der Waals surface area contributed by atoms with E-state index in [2.05, 4.69) is 0 Å². The smallest absolute Gasteiger partial charge is 0.146 e. The molecule has 1 rings (SSSR count). The summed E-state index contributed by atoms with van der Waals surface area (Å²) in [5, 5.41) is 8.51. The highest BCUT2D eigenvalue weighted by Crippen LogP contribution is 2.27.